The summed E-state index contributed by atoms with van der Waals surface area (Å²) in [5.41, 5.74) is 4.57. The normalized spacial score (nSPS) is 14.8. The number of thioether (sulfide) groups is 1. The molecule has 3 rings (SSSR count). The third-order valence-corrected chi connectivity index (χ3v) is 5.40. The number of hydrazine groups is 1. The van der Waals surface area contributed by atoms with Crippen molar-refractivity contribution < 1.29 is 24.2 Å². The molecule has 1 heterocycles. The van der Waals surface area contributed by atoms with Gasteiger partial charge in [-0.05, 0) is 43.4 Å². The van der Waals surface area contributed by atoms with E-state index < -0.39 is 17.8 Å². The fraction of sp³-hybridized carbons (Fsp3) is 0.143. The molecule has 0 aromatic heterocycles. The Bertz CT molecular complexity index is 1030. The van der Waals surface area contributed by atoms with Crippen LogP contribution in [0.4, 0.5) is 0 Å². The molecule has 0 saturated carbocycles. The zero-order valence-corrected chi connectivity index (χ0v) is 17.6. The maximum absolute atomic E-state index is 12.8. The molecule has 1 saturated heterocycles. The Morgan fingerprint density at radius 2 is 1.90 bits per heavy atom. The average Bonchev–Trinajstić information content (AvgIpc) is 2.97. The molecule has 2 aromatic rings. The van der Waals surface area contributed by atoms with Crippen molar-refractivity contribution >= 4 is 52.2 Å². The van der Waals surface area contributed by atoms with Crippen LogP contribution in [-0.4, -0.2) is 38.8 Å². The maximum atomic E-state index is 12.8. The molecule has 1 aliphatic heterocycles. The number of benzene rings is 2. The Morgan fingerprint density at radius 3 is 2.60 bits per heavy atom. The van der Waals surface area contributed by atoms with E-state index in [2.05, 4.69) is 5.43 Å². The summed E-state index contributed by atoms with van der Waals surface area (Å²) in [4.78, 5) is 36.2. The van der Waals surface area contributed by atoms with Crippen molar-refractivity contribution in [3.63, 3.8) is 0 Å². The van der Waals surface area contributed by atoms with Crippen LogP contribution in [0.1, 0.15) is 27.9 Å². The Morgan fingerprint density at radius 1 is 1.20 bits per heavy atom. The number of rotatable bonds is 7. The van der Waals surface area contributed by atoms with Gasteiger partial charge in [-0.3, -0.25) is 19.8 Å². The third-order valence-electron chi connectivity index (χ3n) is 4.10. The Labute approximate surface area is 182 Å². The third kappa shape index (κ3) is 5.25. The number of nitrogens with zero attached hydrogens (tertiary/aromatic N) is 1. The number of carboxylic acid groups (broad SMARTS) is 1. The highest BCUT2D eigenvalue weighted by molar-refractivity contribution is 8.26. The van der Waals surface area contributed by atoms with Gasteiger partial charge in [0.2, 0.25) is 0 Å². The Hall–Kier alpha value is -3.17. The summed E-state index contributed by atoms with van der Waals surface area (Å²) in [6, 6.07) is 13.9. The predicted octanol–water partition coefficient (Wildman–Crippen LogP) is 3.39. The molecule has 7 nitrogen and oxygen atoms in total. The van der Waals surface area contributed by atoms with E-state index in [-0.39, 0.29) is 17.3 Å². The summed E-state index contributed by atoms with van der Waals surface area (Å²) < 4.78 is 5.72. The number of hydrogen-bond donors (Lipinski definition) is 2. The Kier molecular flexibility index (Phi) is 6.86. The molecule has 2 N–H and O–H groups in total. The summed E-state index contributed by atoms with van der Waals surface area (Å²) in [6.07, 6.45) is 1.47. The quantitative estimate of drug-likeness (QED) is 0.501. The fourth-order valence-electron chi connectivity index (χ4n) is 2.56. The molecule has 0 atom stereocenters. The summed E-state index contributed by atoms with van der Waals surface area (Å²) in [5, 5.41) is 9.80. The smallest absolute Gasteiger partial charge is 0.306 e. The average molecular weight is 443 g/mol. The first-order chi connectivity index (χ1) is 14.3. The summed E-state index contributed by atoms with van der Waals surface area (Å²) in [6.45, 7) is 1.92. The van der Waals surface area contributed by atoms with Crippen LogP contribution >= 0.6 is 24.0 Å². The van der Waals surface area contributed by atoms with Crippen molar-refractivity contribution in [2.24, 2.45) is 0 Å². The molecule has 154 valence electrons. The highest BCUT2D eigenvalue weighted by Crippen LogP contribution is 2.33. The number of carboxylic acids is 1. The fourth-order valence-corrected chi connectivity index (χ4v) is 3.73. The van der Waals surface area contributed by atoms with Gasteiger partial charge < -0.3 is 9.84 Å². The predicted molar refractivity (Wildman–Crippen MR) is 118 cm³/mol. The van der Waals surface area contributed by atoms with Gasteiger partial charge >= 0.3 is 5.97 Å². The minimum absolute atomic E-state index is 0.00769. The lowest BCUT2D eigenvalue weighted by Gasteiger charge is -2.15. The zero-order valence-electron chi connectivity index (χ0n) is 16.0. The van der Waals surface area contributed by atoms with Gasteiger partial charge in [-0.2, -0.15) is 5.01 Å². The molecular formula is C21H18N2O5S2. The van der Waals surface area contributed by atoms with Crippen LogP contribution in [0.5, 0.6) is 5.75 Å². The van der Waals surface area contributed by atoms with Crippen LogP contribution in [0.25, 0.3) is 6.08 Å². The lowest BCUT2D eigenvalue weighted by Crippen LogP contribution is -2.44. The van der Waals surface area contributed by atoms with Crippen LogP contribution in [0.2, 0.25) is 0 Å². The molecular weight excluding hydrogens is 424 g/mol. The van der Waals surface area contributed by atoms with Crippen molar-refractivity contribution in [3.8, 4) is 5.75 Å². The number of amides is 2. The molecule has 0 radical (unpaired) electrons. The van der Waals surface area contributed by atoms with Gasteiger partial charge in [0.15, 0.2) is 4.32 Å². The van der Waals surface area contributed by atoms with Crippen LogP contribution in [0.15, 0.2) is 53.4 Å². The second-order valence-electron chi connectivity index (χ2n) is 6.35. The first-order valence-electron chi connectivity index (χ1n) is 8.94. The van der Waals surface area contributed by atoms with Gasteiger partial charge in [-0.1, -0.05) is 47.7 Å². The topological polar surface area (TPSA) is 95.9 Å². The van der Waals surface area contributed by atoms with E-state index in [0.717, 1.165) is 22.3 Å². The number of ether oxygens (including phenoxy) is 1. The summed E-state index contributed by atoms with van der Waals surface area (Å²) in [7, 11) is 0. The first-order valence-corrected chi connectivity index (χ1v) is 10.2. The van der Waals surface area contributed by atoms with Crippen LogP contribution < -0.4 is 10.2 Å². The van der Waals surface area contributed by atoms with Crippen molar-refractivity contribution in [1.29, 1.82) is 0 Å². The van der Waals surface area contributed by atoms with Crippen LogP contribution in [0, 0.1) is 6.92 Å². The molecule has 30 heavy (non-hydrogen) atoms. The minimum atomic E-state index is -0.960. The highest BCUT2D eigenvalue weighted by Gasteiger charge is 2.34. The van der Waals surface area contributed by atoms with E-state index in [4.69, 9.17) is 22.1 Å². The number of carbonyl (C=O) groups excluding carboxylic acids is 2. The van der Waals surface area contributed by atoms with Crippen molar-refractivity contribution in [2.45, 2.75) is 13.3 Å². The van der Waals surface area contributed by atoms with Gasteiger partial charge in [0.05, 0.1) is 17.9 Å². The number of hydrogen-bond acceptors (Lipinski definition) is 6. The van der Waals surface area contributed by atoms with E-state index in [0.29, 0.717) is 21.8 Å². The summed E-state index contributed by atoms with van der Waals surface area (Å²) in [5.74, 6) is -1.40. The molecule has 1 fully saturated rings. The van der Waals surface area contributed by atoms with Gasteiger partial charge in [0, 0.05) is 11.1 Å². The Balaban J connectivity index is 1.74. The van der Waals surface area contributed by atoms with E-state index in [1.807, 2.05) is 6.92 Å². The van der Waals surface area contributed by atoms with E-state index in [1.54, 1.807) is 54.6 Å². The second kappa shape index (κ2) is 9.55. The van der Waals surface area contributed by atoms with Crippen molar-refractivity contribution in [2.75, 3.05) is 6.61 Å². The molecule has 0 spiro atoms. The monoisotopic (exact) mass is 442 g/mol. The number of aliphatic carboxylic acids is 1. The molecule has 0 unspecified atom stereocenters. The van der Waals surface area contributed by atoms with Gasteiger partial charge in [-0.25, -0.2) is 0 Å². The highest BCUT2D eigenvalue weighted by atomic mass is 32.2. The molecule has 2 amide bonds. The standard InChI is InChI=1S/C21H18N2O5S2/c1-13-6-8-14(9-7-13)19(26)22-23-20(27)17(30-21(23)29)12-15-4-2-3-5-16(15)28-11-10-18(24)25/h2-9,12H,10-11H2,1H3,(H,22,26)(H,24,25)/b17-12+. The summed E-state index contributed by atoms with van der Waals surface area (Å²) >= 11 is 6.31. The van der Waals surface area contributed by atoms with E-state index in [9.17, 15) is 14.4 Å². The van der Waals surface area contributed by atoms with E-state index in [1.165, 1.54) is 0 Å². The van der Waals surface area contributed by atoms with Crippen molar-refractivity contribution in [1.82, 2.24) is 10.4 Å². The lowest BCUT2D eigenvalue weighted by atomic mass is 10.1. The van der Waals surface area contributed by atoms with Crippen molar-refractivity contribution in [3.05, 3.63) is 70.1 Å². The van der Waals surface area contributed by atoms with Gasteiger partial charge in [0.1, 0.15) is 5.75 Å². The molecule has 2 aromatic carbocycles. The minimum Gasteiger partial charge on any atom is -0.492 e. The number of aryl methyl sites for hydroxylation is 1. The zero-order chi connectivity index (χ0) is 21.7. The van der Waals surface area contributed by atoms with Crippen LogP contribution in [-0.2, 0) is 9.59 Å². The second-order valence-corrected chi connectivity index (χ2v) is 8.03. The number of para-hydroxylation sites is 1. The van der Waals surface area contributed by atoms with Gasteiger partial charge in [0.25, 0.3) is 11.8 Å². The first kappa shape index (κ1) is 21.5. The number of thiocarbonyl (C=S) groups is 1. The van der Waals surface area contributed by atoms with Gasteiger partial charge in [-0.15, -0.1) is 0 Å². The molecule has 0 bridgehead atoms. The van der Waals surface area contributed by atoms with Crippen LogP contribution in [0.3, 0.4) is 0 Å². The SMILES string of the molecule is Cc1ccc(C(=O)NN2C(=O)/C(=C\c3ccccc3OCCC(=O)O)SC2=S)cc1. The largest absolute Gasteiger partial charge is 0.492 e. The molecule has 1 aliphatic rings. The number of nitrogens with one attached hydrogen (secondary N) is 1. The number of carbonyl (C=O) groups is 3. The van der Waals surface area contributed by atoms with E-state index >= 15 is 0 Å². The molecule has 9 heteroatoms. The maximum Gasteiger partial charge on any atom is 0.306 e. The lowest BCUT2D eigenvalue weighted by molar-refractivity contribution is -0.137. The molecule has 0 aliphatic carbocycles.